The quantitative estimate of drug-likeness (QED) is 0.672. The Balaban J connectivity index is 2.00. The highest BCUT2D eigenvalue weighted by Crippen LogP contribution is 2.21. The predicted octanol–water partition coefficient (Wildman–Crippen LogP) is 3.21. The van der Waals surface area contributed by atoms with Crippen LogP contribution in [-0.2, 0) is 11.3 Å². The minimum atomic E-state index is -0.537. The van der Waals surface area contributed by atoms with Crippen LogP contribution in [0.25, 0.3) is 11.4 Å². The van der Waals surface area contributed by atoms with Gasteiger partial charge in [0.25, 0.3) is 0 Å². The summed E-state index contributed by atoms with van der Waals surface area (Å²) < 4.78 is 25.5. The Labute approximate surface area is 137 Å². The van der Waals surface area contributed by atoms with E-state index in [2.05, 4.69) is 10.3 Å². The van der Waals surface area contributed by atoms with Gasteiger partial charge in [0.15, 0.2) is 5.69 Å². The van der Waals surface area contributed by atoms with E-state index in [1.54, 1.807) is 25.1 Å². The molecule has 0 aliphatic carbocycles. The molecule has 0 aliphatic rings. The average molecular weight is 329 g/mol. The van der Waals surface area contributed by atoms with Crippen LogP contribution in [0.3, 0.4) is 0 Å². The van der Waals surface area contributed by atoms with Gasteiger partial charge in [-0.05, 0) is 25.5 Å². The molecule has 0 radical (unpaired) electrons. The van der Waals surface area contributed by atoms with E-state index >= 15 is 0 Å². The van der Waals surface area contributed by atoms with E-state index in [1.807, 2.05) is 13.0 Å². The second-order valence-electron chi connectivity index (χ2n) is 5.27. The molecule has 0 amide bonds. The number of aromatic nitrogens is 3. The lowest BCUT2D eigenvalue weighted by molar-refractivity contribution is 0.0518. The molecule has 2 aromatic heterocycles. The fraction of sp³-hybridized carbons (Fsp3) is 0.235. The SMILES string of the molecule is CCOC(=O)c1cc(-c2ccon2)n(Cc2ccc(C)cc2F)n1. The number of ether oxygens (including phenoxy) is 1. The highest BCUT2D eigenvalue weighted by atomic mass is 19.1. The molecule has 0 bridgehead atoms. The molecule has 0 N–H and O–H groups in total. The van der Waals surface area contributed by atoms with Crippen LogP contribution in [0.15, 0.2) is 41.1 Å². The number of rotatable bonds is 5. The van der Waals surface area contributed by atoms with Crippen molar-refractivity contribution in [1.82, 2.24) is 14.9 Å². The summed E-state index contributed by atoms with van der Waals surface area (Å²) in [6.07, 6.45) is 1.42. The van der Waals surface area contributed by atoms with Gasteiger partial charge in [-0.3, -0.25) is 4.68 Å². The topological polar surface area (TPSA) is 70.2 Å². The van der Waals surface area contributed by atoms with Gasteiger partial charge in [-0.25, -0.2) is 9.18 Å². The van der Waals surface area contributed by atoms with Gasteiger partial charge in [0.2, 0.25) is 0 Å². The number of hydrogen-bond acceptors (Lipinski definition) is 5. The second kappa shape index (κ2) is 6.66. The monoisotopic (exact) mass is 329 g/mol. The summed E-state index contributed by atoms with van der Waals surface area (Å²) in [7, 11) is 0. The fourth-order valence-corrected chi connectivity index (χ4v) is 2.33. The minimum absolute atomic E-state index is 0.141. The highest BCUT2D eigenvalue weighted by molar-refractivity contribution is 5.88. The molecule has 1 aromatic carbocycles. The molecular weight excluding hydrogens is 313 g/mol. The number of hydrogen-bond donors (Lipinski definition) is 0. The summed E-state index contributed by atoms with van der Waals surface area (Å²) in [5, 5.41) is 8.10. The van der Waals surface area contributed by atoms with E-state index in [0.29, 0.717) is 17.0 Å². The highest BCUT2D eigenvalue weighted by Gasteiger charge is 2.19. The number of aryl methyl sites for hydroxylation is 1. The van der Waals surface area contributed by atoms with Crippen molar-refractivity contribution in [2.75, 3.05) is 6.61 Å². The van der Waals surface area contributed by atoms with Crippen LogP contribution in [0.4, 0.5) is 4.39 Å². The van der Waals surface area contributed by atoms with E-state index in [9.17, 15) is 9.18 Å². The van der Waals surface area contributed by atoms with Crippen molar-refractivity contribution >= 4 is 5.97 Å². The summed E-state index contributed by atoms with van der Waals surface area (Å²) in [4.78, 5) is 11.9. The van der Waals surface area contributed by atoms with Gasteiger partial charge >= 0.3 is 5.97 Å². The molecule has 0 fully saturated rings. The van der Waals surface area contributed by atoms with Crippen LogP contribution < -0.4 is 0 Å². The van der Waals surface area contributed by atoms with Crippen molar-refractivity contribution in [2.45, 2.75) is 20.4 Å². The maximum Gasteiger partial charge on any atom is 0.358 e. The number of carbonyl (C=O) groups excluding carboxylic acids is 1. The third-order valence-corrected chi connectivity index (χ3v) is 3.49. The first-order valence-corrected chi connectivity index (χ1v) is 7.49. The molecule has 7 heteroatoms. The third-order valence-electron chi connectivity index (χ3n) is 3.49. The maximum absolute atomic E-state index is 14.1. The molecule has 124 valence electrons. The normalized spacial score (nSPS) is 10.8. The van der Waals surface area contributed by atoms with E-state index in [1.165, 1.54) is 17.0 Å². The van der Waals surface area contributed by atoms with Crippen molar-refractivity contribution in [3.63, 3.8) is 0 Å². The van der Waals surface area contributed by atoms with Crippen molar-refractivity contribution in [1.29, 1.82) is 0 Å². The first-order valence-electron chi connectivity index (χ1n) is 7.49. The molecule has 0 spiro atoms. The maximum atomic E-state index is 14.1. The van der Waals surface area contributed by atoms with E-state index in [4.69, 9.17) is 9.26 Å². The van der Waals surface area contributed by atoms with Crippen molar-refractivity contribution < 1.29 is 18.4 Å². The molecule has 3 aromatic rings. The standard InChI is InChI=1S/C17H16FN3O3/c1-3-23-17(22)15-9-16(14-6-7-24-20-14)21(19-15)10-12-5-4-11(2)8-13(12)18/h4-9H,3,10H2,1-2H3. The Morgan fingerprint density at radius 1 is 1.33 bits per heavy atom. The van der Waals surface area contributed by atoms with Crippen LogP contribution in [0.5, 0.6) is 0 Å². The summed E-state index contributed by atoms with van der Waals surface area (Å²) in [6, 6.07) is 8.18. The predicted molar refractivity (Wildman–Crippen MR) is 83.9 cm³/mol. The van der Waals surface area contributed by atoms with Gasteiger partial charge in [0.05, 0.1) is 18.8 Å². The lowest BCUT2D eigenvalue weighted by atomic mass is 10.1. The van der Waals surface area contributed by atoms with Gasteiger partial charge in [-0.15, -0.1) is 0 Å². The van der Waals surface area contributed by atoms with Crippen molar-refractivity contribution in [3.8, 4) is 11.4 Å². The van der Waals surface area contributed by atoms with E-state index in [-0.39, 0.29) is 24.7 Å². The van der Waals surface area contributed by atoms with Gasteiger partial charge in [0.1, 0.15) is 17.8 Å². The zero-order valence-corrected chi connectivity index (χ0v) is 13.3. The van der Waals surface area contributed by atoms with Crippen LogP contribution in [-0.4, -0.2) is 27.5 Å². The minimum Gasteiger partial charge on any atom is -0.461 e. The molecular formula is C17H16FN3O3. The van der Waals surface area contributed by atoms with E-state index < -0.39 is 5.97 Å². The Morgan fingerprint density at radius 3 is 2.83 bits per heavy atom. The number of nitrogens with zero attached hydrogens (tertiary/aromatic N) is 3. The first-order chi connectivity index (χ1) is 11.6. The number of halogens is 1. The molecule has 0 saturated heterocycles. The van der Waals surface area contributed by atoms with Crippen LogP contribution in [0.1, 0.15) is 28.5 Å². The molecule has 0 atom stereocenters. The molecule has 3 rings (SSSR count). The zero-order valence-electron chi connectivity index (χ0n) is 13.3. The summed E-state index contributed by atoms with van der Waals surface area (Å²) in [5.41, 5.74) is 2.49. The van der Waals surface area contributed by atoms with Gasteiger partial charge in [0, 0.05) is 17.7 Å². The van der Waals surface area contributed by atoms with Gasteiger partial charge in [-0.2, -0.15) is 5.10 Å². The van der Waals surface area contributed by atoms with Gasteiger partial charge in [-0.1, -0.05) is 17.3 Å². The molecule has 6 nitrogen and oxygen atoms in total. The van der Waals surface area contributed by atoms with Crippen LogP contribution in [0, 0.1) is 12.7 Å². The molecule has 2 heterocycles. The summed E-state index contributed by atoms with van der Waals surface area (Å²) in [5.74, 6) is -0.861. The molecule has 0 unspecified atom stereocenters. The summed E-state index contributed by atoms with van der Waals surface area (Å²) >= 11 is 0. The van der Waals surface area contributed by atoms with Crippen molar-refractivity contribution in [2.24, 2.45) is 0 Å². The largest absolute Gasteiger partial charge is 0.461 e. The second-order valence-corrected chi connectivity index (χ2v) is 5.27. The summed E-state index contributed by atoms with van der Waals surface area (Å²) in [6.45, 7) is 3.95. The van der Waals surface area contributed by atoms with E-state index in [0.717, 1.165) is 5.56 Å². The fourth-order valence-electron chi connectivity index (χ4n) is 2.33. The third kappa shape index (κ3) is 3.19. The number of esters is 1. The number of benzene rings is 1. The number of carbonyl (C=O) groups is 1. The Bertz CT molecular complexity index is 856. The average Bonchev–Trinajstić information content (AvgIpc) is 3.19. The van der Waals surface area contributed by atoms with Crippen LogP contribution >= 0.6 is 0 Å². The smallest absolute Gasteiger partial charge is 0.358 e. The Hall–Kier alpha value is -2.96. The molecule has 0 saturated carbocycles. The Morgan fingerprint density at radius 2 is 2.17 bits per heavy atom. The van der Waals surface area contributed by atoms with Crippen molar-refractivity contribution in [3.05, 3.63) is 59.2 Å². The van der Waals surface area contributed by atoms with Gasteiger partial charge < -0.3 is 9.26 Å². The zero-order chi connectivity index (χ0) is 17.1. The lowest BCUT2D eigenvalue weighted by Gasteiger charge is -2.07. The molecule has 24 heavy (non-hydrogen) atoms. The Kier molecular flexibility index (Phi) is 4.41. The first kappa shape index (κ1) is 15.9. The molecule has 0 aliphatic heterocycles. The van der Waals surface area contributed by atoms with Crippen LogP contribution in [0.2, 0.25) is 0 Å². The lowest BCUT2D eigenvalue weighted by Crippen LogP contribution is -2.09.